The first-order valence-corrected chi connectivity index (χ1v) is 12.9. The summed E-state index contributed by atoms with van der Waals surface area (Å²) < 4.78 is 41.9. The predicted octanol–water partition coefficient (Wildman–Crippen LogP) is 3.41. The number of benzene rings is 1. The van der Waals surface area contributed by atoms with E-state index in [-0.39, 0.29) is 18.0 Å². The molecule has 1 aliphatic rings. The van der Waals surface area contributed by atoms with E-state index < -0.39 is 15.9 Å². The van der Waals surface area contributed by atoms with Gasteiger partial charge in [0.25, 0.3) is 0 Å². The number of aromatic nitrogens is 1. The number of halogens is 1. The van der Waals surface area contributed by atoms with Crippen molar-refractivity contribution in [2.75, 3.05) is 25.4 Å². The van der Waals surface area contributed by atoms with Crippen molar-refractivity contribution in [2.24, 2.45) is 0 Å². The second-order valence-electron chi connectivity index (χ2n) is 8.28. The molecule has 0 aliphatic heterocycles. The van der Waals surface area contributed by atoms with E-state index in [1.165, 1.54) is 6.07 Å². The topological polar surface area (TPSA) is 79.4 Å². The lowest BCUT2D eigenvalue weighted by Gasteiger charge is -2.18. The van der Waals surface area contributed by atoms with Crippen LogP contribution in [0.5, 0.6) is 0 Å². The normalized spacial score (nSPS) is 13.4. The highest BCUT2D eigenvalue weighted by Gasteiger charge is 2.25. The lowest BCUT2D eigenvalue weighted by Crippen LogP contribution is -2.35. The highest BCUT2D eigenvalue weighted by atomic mass is 32.2. The summed E-state index contributed by atoms with van der Waals surface area (Å²) in [5.74, 6) is -0.955. The molecular weight excluding hydrogens is 429 g/mol. The molecule has 0 fully saturated rings. The van der Waals surface area contributed by atoms with E-state index in [0.717, 1.165) is 36.3 Å². The highest BCUT2D eigenvalue weighted by molar-refractivity contribution is 7.90. The number of carbonyl (C=O) groups excluding carboxylic acids is 1. The van der Waals surface area contributed by atoms with Crippen molar-refractivity contribution >= 4 is 15.9 Å². The zero-order valence-corrected chi connectivity index (χ0v) is 19.9. The molecule has 0 atom stereocenters. The number of carbonyl (C=O) groups is 1. The fraction of sp³-hybridized carbons (Fsp3) is 0.500. The first-order chi connectivity index (χ1) is 15.2. The van der Waals surface area contributed by atoms with Crippen LogP contribution in [0.3, 0.4) is 0 Å². The summed E-state index contributed by atoms with van der Waals surface area (Å²) >= 11 is 0. The van der Waals surface area contributed by atoms with Crippen molar-refractivity contribution < 1.29 is 17.6 Å². The number of rotatable bonds is 10. The zero-order valence-electron chi connectivity index (χ0n) is 19.1. The average Bonchev–Trinajstić information content (AvgIpc) is 3.23. The molecule has 0 spiro atoms. The number of pyridine rings is 1. The van der Waals surface area contributed by atoms with Gasteiger partial charge >= 0.3 is 0 Å². The van der Waals surface area contributed by atoms with E-state index in [1.54, 1.807) is 12.3 Å². The van der Waals surface area contributed by atoms with Crippen LogP contribution in [-0.2, 0) is 34.1 Å². The number of nitrogens with zero attached hydrogens (tertiary/aromatic N) is 2. The first kappa shape index (κ1) is 24.3. The molecule has 32 heavy (non-hydrogen) atoms. The van der Waals surface area contributed by atoms with E-state index in [1.807, 2.05) is 26.8 Å². The number of nitrogens with one attached hydrogen (secondary N) is 1. The summed E-state index contributed by atoms with van der Waals surface area (Å²) in [6.07, 6.45) is 4.15. The third-order valence-corrected chi connectivity index (χ3v) is 7.43. The molecule has 0 radical (unpaired) electrons. The molecule has 1 amide bonds. The van der Waals surface area contributed by atoms with Gasteiger partial charge in [0.1, 0.15) is 5.82 Å². The van der Waals surface area contributed by atoms with Gasteiger partial charge in [0.15, 0.2) is 0 Å². The zero-order chi connectivity index (χ0) is 23.3. The van der Waals surface area contributed by atoms with Crippen LogP contribution in [0.4, 0.5) is 4.39 Å². The minimum atomic E-state index is -3.73. The summed E-state index contributed by atoms with van der Waals surface area (Å²) in [5.41, 5.74) is 4.38. The van der Waals surface area contributed by atoms with E-state index in [9.17, 15) is 17.6 Å². The fourth-order valence-corrected chi connectivity index (χ4v) is 5.45. The molecule has 0 saturated carbocycles. The van der Waals surface area contributed by atoms with E-state index in [2.05, 4.69) is 14.6 Å². The number of amides is 1. The molecule has 1 aromatic carbocycles. The van der Waals surface area contributed by atoms with Crippen molar-refractivity contribution in [2.45, 2.75) is 52.9 Å². The van der Waals surface area contributed by atoms with Crippen molar-refractivity contribution in [1.29, 1.82) is 0 Å². The van der Waals surface area contributed by atoms with Gasteiger partial charge in [0.05, 0.1) is 12.2 Å². The predicted molar refractivity (Wildman–Crippen MR) is 124 cm³/mol. The number of aryl methyl sites for hydroxylation is 1. The van der Waals surface area contributed by atoms with Crippen LogP contribution in [0.1, 0.15) is 49.1 Å². The second kappa shape index (κ2) is 10.5. The summed E-state index contributed by atoms with van der Waals surface area (Å²) in [6, 6.07) is 5.11. The van der Waals surface area contributed by atoms with Crippen LogP contribution in [0, 0.1) is 12.7 Å². The molecule has 6 nitrogen and oxygen atoms in total. The number of sulfonamides is 1. The van der Waals surface area contributed by atoms with E-state index in [4.69, 9.17) is 0 Å². The molecule has 1 aromatic heterocycles. The molecular formula is C24H32FN3O3S. The minimum absolute atomic E-state index is 0.103. The van der Waals surface area contributed by atoms with Crippen molar-refractivity contribution in [3.63, 3.8) is 0 Å². The number of fused-ring (bicyclic) bond motifs is 1. The van der Waals surface area contributed by atoms with Crippen molar-refractivity contribution in [1.82, 2.24) is 14.6 Å². The van der Waals surface area contributed by atoms with Crippen LogP contribution < -0.4 is 4.72 Å². The Kier molecular flexibility index (Phi) is 8.00. The Hall–Kier alpha value is -2.32. The number of hydrogen-bond acceptors (Lipinski definition) is 5. The molecule has 1 aliphatic carbocycles. The molecule has 3 rings (SSSR count). The molecule has 0 bridgehead atoms. The Balaban J connectivity index is 1.80. The van der Waals surface area contributed by atoms with Crippen molar-refractivity contribution in [3.05, 3.63) is 52.6 Å². The summed E-state index contributed by atoms with van der Waals surface area (Å²) in [5, 5.41) is 0. The lowest BCUT2D eigenvalue weighted by molar-refractivity contribution is -0.118. The van der Waals surface area contributed by atoms with Gasteiger partial charge in [-0.15, -0.1) is 0 Å². The molecule has 1 heterocycles. The Morgan fingerprint density at radius 1 is 1.19 bits per heavy atom. The van der Waals surface area contributed by atoms with Gasteiger partial charge in [-0.05, 0) is 98.3 Å². The molecule has 0 saturated heterocycles. The van der Waals surface area contributed by atoms with Gasteiger partial charge < -0.3 is 4.90 Å². The largest absolute Gasteiger partial charge is 0.304 e. The van der Waals surface area contributed by atoms with Gasteiger partial charge in [-0.25, -0.2) is 12.8 Å². The maximum absolute atomic E-state index is 14.8. The summed E-state index contributed by atoms with van der Waals surface area (Å²) in [6.45, 7) is 8.29. The Morgan fingerprint density at radius 2 is 1.91 bits per heavy atom. The van der Waals surface area contributed by atoms with Crippen LogP contribution >= 0.6 is 0 Å². The third-order valence-electron chi connectivity index (χ3n) is 6.06. The van der Waals surface area contributed by atoms with Gasteiger partial charge in [-0.3, -0.25) is 14.5 Å². The van der Waals surface area contributed by atoms with Gasteiger partial charge in [0, 0.05) is 11.9 Å². The Morgan fingerprint density at radius 3 is 2.59 bits per heavy atom. The maximum atomic E-state index is 14.8. The average molecular weight is 462 g/mol. The summed E-state index contributed by atoms with van der Waals surface area (Å²) in [7, 11) is -3.73. The smallest absolute Gasteiger partial charge is 0.237 e. The van der Waals surface area contributed by atoms with Crippen molar-refractivity contribution in [3.8, 4) is 11.1 Å². The quantitative estimate of drug-likeness (QED) is 0.587. The van der Waals surface area contributed by atoms with Gasteiger partial charge in [-0.2, -0.15) is 0 Å². The lowest BCUT2D eigenvalue weighted by atomic mass is 9.90. The SMILES string of the molecule is CCN(CC)CCCS(=O)(=O)NC(=O)Cc1c(-c2ccnc(C)c2)cc(F)c2c1CCC2. The monoisotopic (exact) mass is 461 g/mol. The fourth-order valence-electron chi connectivity index (χ4n) is 4.42. The minimum Gasteiger partial charge on any atom is -0.304 e. The number of hydrogen-bond donors (Lipinski definition) is 1. The van der Waals surface area contributed by atoms with Gasteiger partial charge in [0.2, 0.25) is 15.9 Å². The highest BCUT2D eigenvalue weighted by Crippen LogP contribution is 2.36. The standard InChI is InChI=1S/C24H32FN3O3S/c1-4-28(5-2)12-7-13-32(30,31)27-24(29)16-22-19-8-6-9-20(19)23(25)15-21(22)18-10-11-26-17(3)14-18/h10-11,14-15H,4-9,12-13,16H2,1-3H3,(H,27,29). The molecule has 8 heteroatoms. The second-order valence-corrected chi connectivity index (χ2v) is 10.1. The molecule has 1 N–H and O–H groups in total. The van der Waals surface area contributed by atoms with E-state index in [0.29, 0.717) is 42.5 Å². The third kappa shape index (κ3) is 5.92. The van der Waals surface area contributed by atoms with Gasteiger partial charge in [-0.1, -0.05) is 13.8 Å². The van der Waals surface area contributed by atoms with E-state index >= 15 is 0 Å². The van der Waals surface area contributed by atoms with Crippen LogP contribution in [0.25, 0.3) is 11.1 Å². The molecule has 2 aromatic rings. The molecule has 0 unspecified atom stereocenters. The molecule has 174 valence electrons. The van der Waals surface area contributed by atoms with Crippen LogP contribution in [0.15, 0.2) is 24.4 Å². The summed E-state index contributed by atoms with van der Waals surface area (Å²) in [4.78, 5) is 19.1. The van der Waals surface area contributed by atoms with Crippen LogP contribution in [0.2, 0.25) is 0 Å². The Labute approximate surface area is 190 Å². The first-order valence-electron chi connectivity index (χ1n) is 11.3. The Bertz CT molecular complexity index is 1080. The maximum Gasteiger partial charge on any atom is 0.237 e. The van der Waals surface area contributed by atoms with Crippen LogP contribution in [-0.4, -0.2) is 49.6 Å².